The Morgan fingerprint density at radius 3 is 2.05 bits per heavy atom. The van der Waals surface area contributed by atoms with Crippen molar-refractivity contribution in [1.29, 1.82) is 0 Å². The summed E-state index contributed by atoms with van der Waals surface area (Å²) in [5.41, 5.74) is 3.57. The van der Waals surface area contributed by atoms with Crippen LogP contribution in [0.15, 0.2) is 41.6 Å². The average molecular weight is 288 g/mol. The van der Waals surface area contributed by atoms with Crippen molar-refractivity contribution in [3.05, 3.63) is 47.2 Å². The summed E-state index contributed by atoms with van der Waals surface area (Å²) in [4.78, 5) is 15.9. The lowest BCUT2D eigenvalue weighted by atomic mass is 9.86. The van der Waals surface area contributed by atoms with E-state index in [9.17, 15) is 4.79 Å². The van der Waals surface area contributed by atoms with Gasteiger partial charge in [-0.2, -0.15) is 0 Å². The van der Waals surface area contributed by atoms with Gasteiger partial charge in [0.05, 0.1) is 6.04 Å². The lowest BCUT2D eigenvalue weighted by molar-refractivity contribution is 0.158. The molecule has 0 radical (unpaired) electrons. The highest BCUT2D eigenvalue weighted by Gasteiger charge is 2.35. The van der Waals surface area contributed by atoms with Gasteiger partial charge in [0, 0.05) is 19.8 Å². The van der Waals surface area contributed by atoms with Crippen molar-refractivity contribution in [3.8, 4) is 0 Å². The second-order valence-electron chi connectivity index (χ2n) is 5.46. The smallest absolute Gasteiger partial charge is 0.317 e. The van der Waals surface area contributed by atoms with Gasteiger partial charge < -0.3 is 9.80 Å². The van der Waals surface area contributed by atoms with E-state index in [1.54, 1.807) is 4.90 Å². The Morgan fingerprint density at radius 1 is 1.05 bits per heavy atom. The predicted molar refractivity (Wildman–Crippen MR) is 89.0 cm³/mol. The molecule has 0 spiro atoms. The van der Waals surface area contributed by atoms with Crippen LogP contribution in [0.4, 0.5) is 4.79 Å². The molecule has 0 fully saturated rings. The molecule has 21 heavy (non-hydrogen) atoms. The maximum atomic E-state index is 12.3. The van der Waals surface area contributed by atoms with E-state index in [1.165, 1.54) is 11.1 Å². The average Bonchev–Trinajstić information content (AvgIpc) is 2.51. The molecule has 1 atom stereocenters. The third-order valence-electron chi connectivity index (χ3n) is 3.93. The van der Waals surface area contributed by atoms with Crippen molar-refractivity contribution in [1.82, 2.24) is 9.80 Å². The summed E-state index contributed by atoms with van der Waals surface area (Å²) in [7, 11) is 3.73. The first-order valence-corrected chi connectivity index (χ1v) is 7.71. The highest BCUT2D eigenvalue weighted by atomic mass is 16.2. The van der Waals surface area contributed by atoms with Crippen LogP contribution >= 0.6 is 0 Å². The first-order valence-electron chi connectivity index (χ1n) is 7.71. The minimum absolute atomic E-state index is 0.0462. The molecule has 1 aromatic carbocycles. The highest BCUT2D eigenvalue weighted by Crippen LogP contribution is 2.38. The Kier molecular flexibility index (Phi) is 6.01. The van der Waals surface area contributed by atoms with Gasteiger partial charge in [0.15, 0.2) is 0 Å². The molecule has 1 aliphatic rings. The number of benzene rings is 1. The number of carbonyl (C=O) groups excluding carboxylic acids is 1. The van der Waals surface area contributed by atoms with Crippen molar-refractivity contribution in [3.63, 3.8) is 0 Å². The third kappa shape index (κ3) is 3.29. The van der Waals surface area contributed by atoms with Gasteiger partial charge in [0.1, 0.15) is 0 Å². The quantitative estimate of drug-likeness (QED) is 0.775. The Morgan fingerprint density at radius 2 is 1.57 bits per heavy atom. The van der Waals surface area contributed by atoms with Crippen LogP contribution in [0.5, 0.6) is 0 Å². The molecule has 1 aromatic rings. The van der Waals surface area contributed by atoms with Crippen molar-refractivity contribution < 1.29 is 4.79 Å². The molecule has 2 rings (SSSR count). The molecule has 116 valence electrons. The monoisotopic (exact) mass is 288 g/mol. The van der Waals surface area contributed by atoms with E-state index in [0.29, 0.717) is 5.92 Å². The molecule has 3 nitrogen and oxygen atoms in total. The van der Waals surface area contributed by atoms with Crippen LogP contribution in [0, 0.1) is 5.92 Å². The Hall–Kier alpha value is -1.77. The fourth-order valence-corrected chi connectivity index (χ4v) is 2.86. The van der Waals surface area contributed by atoms with Gasteiger partial charge in [-0.3, -0.25) is 0 Å². The van der Waals surface area contributed by atoms with E-state index in [1.807, 2.05) is 58.0 Å². The molecule has 2 amide bonds. The Balaban J connectivity index is 0.00000106. The van der Waals surface area contributed by atoms with Gasteiger partial charge in [-0.05, 0) is 24.0 Å². The van der Waals surface area contributed by atoms with E-state index < -0.39 is 0 Å². The number of likely N-dealkylation sites (N-methyl/N-ethyl adjacent to an activating group) is 1. The van der Waals surface area contributed by atoms with Crippen LogP contribution in [0.25, 0.3) is 0 Å². The topological polar surface area (TPSA) is 23.6 Å². The summed E-state index contributed by atoms with van der Waals surface area (Å²) in [5, 5.41) is 0. The van der Waals surface area contributed by atoms with Crippen molar-refractivity contribution in [2.45, 2.75) is 40.7 Å². The first kappa shape index (κ1) is 17.3. The molecule has 1 unspecified atom stereocenters. The van der Waals surface area contributed by atoms with Gasteiger partial charge in [0.25, 0.3) is 0 Å². The molecular weight excluding hydrogens is 260 g/mol. The zero-order valence-electron chi connectivity index (χ0n) is 14.3. The molecule has 3 heteroatoms. The molecule has 0 saturated heterocycles. The normalized spacial score (nSPS) is 18.9. The highest BCUT2D eigenvalue weighted by molar-refractivity contribution is 5.78. The first-order chi connectivity index (χ1) is 9.95. The maximum absolute atomic E-state index is 12.3. The lowest BCUT2D eigenvalue weighted by Crippen LogP contribution is -2.46. The minimum atomic E-state index is 0.0462. The summed E-state index contributed by atoms with van der Waals surface area (Å²) in [6.07, 6.45) is 0. The minimum Gasteiger partial charge on any atom is -0.317 e. The third-order valence-corrected chi connectivity index (χ3v) is 3.93. The van der Waals surface area contributed by atoms with Crippen LogP contribution in [0.3, 0.4) is 0 Å². The second-order valence-corrected chi connectivity index (χ2v) is 5.46. The van der Waals surface area contributed by atoms with Crippen molar-refractivity contribution >= 4 is 6.03 Å². The number of nitrogens with zero attached hydrogens (tertiary/aromatic N) is 2. The number of rotatable bonds is 2. The zero-order chi connectivity index (χ0) is 16.2. The molecule has 0 bridgehead atoms. The van der Waals surface area contributed by atoms with Crippen molar-refractivity contribution in [2.75, 3.05) is 14.1 Å². The van der Waals surface area contributed by atoms with Crippen LogP contribution in [-0.4, -0.2) is 29.9 Å². The van der Waals surface area contributed by atoms with E-state index in [4.69, 9.17) is 0 Å². The number of allylic oxidation sites excluding steroid dienone is 1. The predicted octanol–water partition coefficient (Wildman–Crippen LogP) is 4.68. The lowest BCUT2D eigenvalue weighted by Gasteiger charge is -2.42. The maximum Gasteiger partial charge on any atom is 0.324 e. The molecule has 1 aliphatic heterocycles. The molecule has 0 N–H and O–H groups in total. The number of urea groups is 1. The summed E-state index contributed by atoms with van der Waals surface area (Å²) in [5.74, 6) is 0.406. The fourth-order valence-electron chi connectivity index (χ4n) is 2.86. The number of hydrogen-bond acceptors (Lipinski definition) is 1. The second kappa shape index (κ2) is 7.30. The Labute approximate surface area is 129 Å². The van der Waals surface area contributed by atoms with Gasteiger partial charge in [-0.15, -0.1) is 0 Å². The molecular formula is C18H28N2O. The fraction of sp³-hybridized carbons (Fsp3) is 0.500. The standard InChI is InChI=1S/C16H22N2O.C2H6/c1-11(2)14-12(3)17(4)16(19)18(5)15(14)13-9-7-6-8-10-13;1-2/h6-11,15H,1-5H3;1-2H3. The number of hydrogen-bond donors (Lipinski definition) is 0. The van der Waals surface area contributed by atoms with Crippen molar-refractivity contribution in [2.24, 2.45) is 5.92 Å². The zero-order valence-corrected chi connectivity index (χ0v) is 14.3. The van der Waals surface area contributed by atoms with Gasteiger partial charge in [-0.25, -0.2) is 4.79 Å². The van der Waals surface area contributed by atoms with Crippen LogP contribution in [-0.2, 0) is 0 Å². The molecule has 0 saturated carbocycles. The van der Waals surface area contributed by atoms with E-state index in [0.717, 1.165) is 5.70 Å². The van der Waals surface area contributed by atoms with E-state index in [-0.39, 0.29) is 12.1 Å². The van der Waals surface area contributed by atoms with E-state index >= 15 is 0 Å². The van der Waals surface area contributed by atoms with Crippen LogP contribution < -0.4 is 0 Å². The largest absolute Gasteiger partial charge is 0.324 e. The molecule has 1 heterocycles. The Bertz CT molecular complexity index is 505. The summed E-state index contributed by atoms with van der Waals surface area (Å²) in [6.45, 7) is 10.4. The number of amides is 2. The summed E-state index contributed by atoms with van der Waals surface area (Å²) in [6, 6.07) is 10.3. The van der Waals surface area contributed by atoms with Gasteiger partial charge in [0.2, 0.25) is 0 Å². The summed E-state index contributed by atoms with van der Waals surface area (Å²) >= 11 is 0. The number of carbonyl (C=O) groups is 1. The van der Waals surface area contributed by atoms with Gasteiger partial charge >= 0.3 is 6.03 Å². The molecule has 0 aliphatic carbocycles. The van der Waals surface area contributed by atoms with Crippen LogP contribution in [0.1, 0.15) is 46.2 Å². The summed E-state index contributed by atoms with van der Waals surface area (Å²) < 4.78 is 0. The molecule has 0 aromatic heterocycles. The SMILES string of the molecule is CC.CC1=C(C(C)C)C(c2ccccc2)N(C)C(=O)N1C. The van der Waals surface area contributed by atoms with Gasteiger partial charge in [-0.1, -0.05) is 58.0 Å². The van der Waals surface area contributed by atoms with E-state index in [2.05, 4.69) is 26.0 Å². The van der Waals surface area contributed by atoms with Crippen LogP contribution in [0.2, 0.25) is 0 Å².